The van der Waals surface area contributed by atoms with Gasteiger partial charge in [0.15, 0.2) is 0 Å². The Morgan fingerprint density at radius 2 is 2.35 bits per heavy atom. The molecule has 1 unspecified atom stereocenters. The summed E-state index contributed by atoms with van der Waals surface area (Å²) in [4.78, 5) is 3.19. The third-order valence-corrected chi connectivity index (χ3v) is 5.17. The maximum absolute atomic E-state index is 3.63. The molecule has 1 fully saturated rings. The van der Waals surface area contributed by atoms with Gasteiger partial charge in [0.25, 0.3) is 0 Å². The summed E-state index contributed by atoms with van der Waals surface area (Å²) >= 11 is 2.03. The molecule has 2 heterocycles. The van der Waals surface area contributed by atoms with Crippen molar-refractivity contribution in [1.82, 2.24) is 10.6 Å². The van der Waals surface area contributed by atoms with E-state index < -0.39 is 0 Å². The lowest BCUT2D eigenvalue weighted by Crippen LogP contribution is -2.35. The third kappa shape index (κ3) is 2.90. The van der Waals surface area contributed by atoms with Gasteiger partial charge >= 0.3 is 0 Å². The van der Waals surface area contributed by atoms with E-state index in [-0.39, 0.29) is 0 Å². The molecule has 1 aromatic rings. The molecule has 1 aliphatic carbocycles. The van der Waals surface area contributed by atoms with Crippen molar-refractivity contribution >= 4 is 11.3 Å². The van der Waals surface area contributed by atoms with Crippen LogP contribution in [-0.4, -0.2) is 19.6 Å². The van der Waals surface area contributed by atoms with Gasteiger partial charge in [-0.3, -0.25) is 0 Å². The normalized spacial score (nSPS) is 23.9. The molecule has 2 nitrogen and oxygen atoms in total. The van der Waals surface area contributed by atoms with E-state index in [1.165, 1.54) is 51.7 Å². The molecule has 3 rings (SSSR count). The van der Waals surface area contributed by atoms with Gasteiger partial charge in [0.1, 0.15) is 0 Å². The second-order valence-corrected chi connectivity index (χ2v) is 6.58. The van der Waals surface area contributed by atoms with Gasteiger partial charge in [-0.25, -0.2) is 0 Å². The molecule has 94 valence electrons. The molecule has 0 spiro atoms. The van der Waals surface area contributed by atoms with Crippen molar-refractivity contribution in [3.05, 3.63) is 21.4 Å². The molecule has 1 aromatic heterocycles. The standard InChI is InChI=1S/C14H22N2S/c1-4-12-7-13(17-14(12)5-1)10-16-9-11-3-2-6-15-8-11/h7,11,15-16H,1-6,8-10H2. The Kier molecular flexibility index (Phi) is 3.79. The summed E-state index contributed by atoms with van der Waals surface area (Å²) in [7, 11) is 0. The molecule has 2 N–H and O–H groups in total. The molecule has 1 atom stereocenters. The van der Waals surface area contributed by atoms with Crippen LogP contribution in [0, 0.1) is 5.92 Å². The molecule has 17 heavy (non-hydrogen) atoms. The van der Waals surface area contributed by atoms with Crippen LogP contribution in [0.25, 0.3) is 0 Å². The van der Waals surface area contributed by atoms with Crippen LogP contribution in [0.4, 0.5) is 0 Å². The highest BCUT2D eigenvalue weighted by atomic mass is 32.1. The van der Waals surface area contributed by atoms with Crippen molar-refractivity contribution in [1.29, 1.82) is 0 Å². The molecule has 0 bridgehead atoms. The van der Waals surface area contributed by atoms with E-state index in [1.54, 1.807) is 15.3 Å². The first kappa shape index (κ1) is 11.7. The summed E-state index contributed by atoms with van der Waals surface area (Å²) in [6.45, 7) is 4.67. The van der Waals surface area contributed by atoms with E-state index in [4.69, 9.17) is 0 Å². The van der Waals surface area contributed by atoms with Crippen LogP contribution in [0.5, 0.6) is 0 Å². The fourth-order valence-electron chi connectivity index (χ4n) is 2.98. The number of aryl methyl sites for hydroxylation is 2. The van der Waals surface area contributed by atoms with Crippen molar-refractivity contribution in [2.75, 3.05) is 19.6 Å². The fourth-order valence-corrected chi connectivity index (χ4v) is 4.21. The molecule has 1 saturated heterocycles. The maximum atomic E-state index is 3.63. The molecular weight excluding hydrogens is 228 g/mol. The Hall–Kier alpha value is -0.380. The predicted octanol–water partition coefficient (Wildman–Crippen LogP) is 2.33. The van der Waals surface area contributed by atoms with Gasteiger partial charge in [0, 0.05) is 16.3 Å². The highest BCUT2D eigenvalue weighted by Gasteiger charge is 2.15. The Labute approximate surface area is 108 Å². The number of fused-ring (bicyclic) bond motifs is 1. The lowest BCUT2D eigenvalue weighted by molar-refractivity contribution is 0.360. The van der Waals surface area contributed by atoms with Crippen molar-refractivity contribution < 1.29 is 0 Å². The largest absolute Gasteiger partial charge is 0.316 e. The Morgan fingerprint density at radius 3 is 3.18 bits per heavy atom. The third-order valence-electron chi connectivity index (χ3n) is 3.93. The Morgan fingerprint density at radius 1 is 1.35 bits per heavy atom. The molecule has 0 radical (unpaired) electrons. The van der Waals surface area contributed by atoms with E-state index >= 15 is 0 Å². The van der Waals surface area contributed by atoms with Gasteiger partial charge in [-0.05, 0) is 69.3 Å². The van der Waals surface area contributed by atoms with Crippen LogP contribution < -0.4 is 10.6 Å². The van der Waals surface area contributed by atoms with Crippen LogP contribution in [0.2, 0.25) is 0 Å². The summed E-state index contributed by atoms with van der Waals surface area (Å²) in [6, 6.07) is 2.43. The molecule has 3 heteroatoms. The quantitative estimate of drug-likeness (QED) is 0.857. The summed E-state index contributed by atoms with van der Waals surface area (Å²) in [5.41, 5.74) is 1.63. The maximum Gasteiger partial charge on any atom is 0.0300 e. The van der Waals surface area contributed by atoms with Gasteiger partial charge in [0.05, 0.1) is 0 Å². The van der Waals surface area contributed by atoms with Crippen molar-refractivity contribution in [2.45, 2.75) is 38.6 Å². The summed E-state index contributed by atoms with van der Waals surface area (Å²) in [5.74, 6) is 0.843. The van der Waals surface area contributed by atoms with Crippen LogP contribution in [-0.2, 0) is 19.4 Å². The molecule has 0 saturated carbocycles. The number of rotatable bonds is 4. The second-order valence-electron chi connectivity index (χ2n) is 5.36. The average molecular weight is 250 g/mol. The van der Waals surface area contributed by atoms with E-state index in [2.05, 4.69) is 16.7 Å². The highest BCUT2D eigenvalue weighted by molar-refractivity contribution is 7.12. The number of thiophene rings is 1. The molecule has 0 aromatic carbocycles. The molecule has 0 amide bonds. The van der Waals surface area contributed by atoms with Gasteiger partial charge in [0.2, 0.25) is 0 Å². The van der Waals surface area contributed by atoms with Crippen LogP contribution >= 0.6 is 11.3 Å². The van der Waals surface area contributed by atoms with E-state index in [1.807, 2.05) is 11.3 Å². The van der Waals surface area contributed by atoms with Gasteiger partial charge < -0.3 is 10.6 Å². The zero-order valence-electron chi connectivity index (χ0n) is 10.4. The predicted molar refractivity (Wildman–Crippen MR) is 73.6 cm³/mol. The minimum absolute atomic E-state index is 0.843. The average Bonchev–Trinajstić information content (AvgIpc) is 2.91. The van der Waals surface area contributed by atoms with E-state index in [9.17, 15) is 0 Å². The summed E-state index contributed by atoms with van der Waals surface area (Å²) < 4.78 is 0. The first-order valence-electron chi connectivity index (χ1n) is 6.94. The monoisotopic (exact) mass is 250 g/mol. The molecule has 1 aliphatic heterocycles. The van der Waals surface area contributed by atoms with Gasteiger partial charge in [-0.15, -0.1) is 11.3 Å². The number of hydrogen-bond donors (Lipinski definition) is 2. The van der Waals surface area contributed by atoms with Crippen LogP contribution in [0.3, 0.4) is 0 Å². The fraction of sp³-hybridized carbons (Fsp3) is 0.714. The first-order chi connectivity index (χ1) is 8.42. The lowest BCUT2D eigenvalue weighted by Gasteiger charge is -2.22. The highest BCUT2D eigenvalue weighted by Crippen LogP contribution is 2.30. The number of hydrogen-bond acceptors (Lipinski definition) is 3. The zero-order valence-corrected chi connectivity index (χ0v) is 11.2. The lowest BCUT2D eigenvalue weighted by atomic mass is 10.00. The van der Waals surface area contributed by atoms with Gasteiger partial charge in [-0.1, -0.05) is 0 Å². The smallest absolute Gasteiger partial charge is 0.0300 e. The first-order valence-corrected chi connectivity index (χ1v) is 7.75. The zero-order chi connectivity index (χ0) is 11.5. The van der Waals surface area contributed by atoms with Crippen molar-refractivity contribution in [3.63, 3.8) is 0 Å². The molecular formula is C14H22N2S. The number of piperidine rings is 1. The second kappa shape index (κ2) is 5.51. The van der Waals surface area contributed by atoms with Gasteiger partial charge in [-0.2, -0.15) is 0 Å². The van der Waals surface area contributed by atoms with E-state index in [0.29, 0.717) is 0 Å². The summed E-state index contributed by atoms with van der Waals surface area (Å²) in [6.07, 6.45) is 6.76. The van der Waals surface area contributed by atoms with Crippen molar-refractivity contribution in [3.8, 4) is 0 Å². The van der Waals surface area contributed by atoms with E-state index in [0.717, 1.165) is 12.5 Å². The van der Waals surface area contributed by atoms with Crippen molar-refractivity contribution in [2.24, 2.45) is 5.92 Å². The minimum Gasteiger partial charge on any atom is -0.316 e. The minimum atomic E-state index is 0.843. The Balaban J connectivity index is 1.44. The number of nitrogens with one attached hydrogen (secondary N) is 2. The molecule has 2 aliphatic rings. The SMILES string of the molecule is c1c(CNCC2CCCNC2)sc2c1CCC2. The Bertz CT molecular complexity index is 345. The van der Waals surface area contributed by atoms with Crippen LogP contribution in [0.15, 0.2) is 6.07 Å². The summed E-state index contributed by atoms with van der Waals surface area (Å²) in [5, 5.41) is 7.11. The van der Waals surface area contributed by atoms with Crippen LogP contribution in [0.1, 0.15) is 34.6 Å². The topological polar surface area (TPSA) is 24.1 Å².